The van der Waals surface area contributed by atoms with E-state index >= 15 is 0 Å². The van der Waals surface area contributed by atoms with E-state index < -0.39 is 5.54 Å². The molecule has 1 atom stereocenters. The molecule has 0 amide bonds. The van der Waals surface area contributed by atoms with E-state index in [1.54, 1.807) is 0 Å². The van der Waals surface area contributed by atoms with Crippen molar-refractivity contribution in [3.05, 3.63) is 35.9 Å². The van der Waals surface area contributed by atoms with E-state index in [0.717, 1.165) is 18.7 Å². The van der Waals surface area contributed by atoms with E-state index in [-0.39, 0.29) is 0 Å². The van der Waals surface area contributed by atoms with Crippen LogP contribution in [0.15, 0.2) is 30.3 Å². The van der Waals surface area contributed by atoms with E-state index in [9.17, 15) is 5.26 Å². The third-order valence-electron chi connectivity index (χ3n) is 3.31. The average molecular weight is 229 g/mol. The monoisotopic (exact) mass is 229 g/mol. The van der Waals surface area contributed by atoms with Gasteiger partial charge < -0.3 is 0 Å². The van der Waals surface area contributed by atoms with Gasteiger partial charge in [-0.15, -0.1) is 0 Å². The molecule has 3 heteroatoms. The van der Waals surface area contributed by atoms with E-state index in [2.05, 4.69) is 16.5 Å². The van der Waals surface area contributed by atoms with Crippen molar-refractivity contribution in [3.63, 3.8) is 0 Å². The Balaban J connectivity index is 2.12. The quantitative estimate of drug-likeness (QED) is 0.865. The second-order valence-corrected chi connectivity index (χ2v) is 4.76. The Hall–Kier alpha value is -1.37. The van der Waals surface area contributed by atoms with Gasteiger partial charge in [-0.3, -0.25) is 0 Å². The highest BCUT2D eigenvalue weighted by Crippen LogP contribution is 2.21. The molecule has 2 rings (SSSR count). The van der Waals surface area contributed by atoms with Crippen LogP contribution < -0.4 is 5.43 Å². The van der Waals surface area contributed by atoms with E-state index in [0.29, 0.717) is 0 Å². The van der Waals surface area contributed by atoms with Crippen LogP contribution in [0.25, 0.3) is 0 Å². The summed E-state index contributed by atoms with van der Waals surface area (Å²) < 4.78 is 0. The minimum Gasteiger partial charge on any atom is -0.243 e. The lowest BCUT2D eigenvalue weighted by Crippen LogP contribution is -2.51. The first-order valence-electron chi connectivity index (χ1n) is 6.24. The number of hydrazine groups is 1. The fourth-order valence-electron chi connectivity index (χ4n) is 2.25. The summed E-state index contributed by atoms with van der Waals surface area (Å²) >= 11 is 0. The molecule has 1 heterocycles. The molecule has 0 spiro atoms. The van der Waals surface area contributed by atoms with Crippen LogP contribution in [-0.4, -0.2) is 18.1 Å². The Morgan fingerprint density at radius 3 is 2.41 bits per heavy atom. The SMILES string of the molecule is CC(C#N)(NN1CCCCC1)c1ccccc1. The van der Waals surface area contributed by atoms with Gasteiger partial charge in [0.2, 0.25) is 0 Å². The van der Waals surface area contributed by atoms with Gasteiger partial charge >= 0.3 is 0 Å². The Kier molecular flexibility index (Phi) is 3.78. The van der Waals surface area contributed by atoms with Crippen LogP contribution in [0, 0.1) is 11.3 Å². The van der Waals surface area contributed by atoms with Gasteiger partial charge in [-0.05, 0) is 25.3 Å². The number of nitrogens with one attached hydrogen (secondary N) is 1. The molecular weight excluding hydrogens is 210 g/mol. The molecule has 1 fully saturated rings. The molecule has 1 aliphatic rings. The third-order valence-corrected chi connectivity index (χ3v) is 3.31. The highest BCUT2D eigenvalue weighted by Gasteiger charge is 2.28. The summed E-state index contributed by atoms with van der Waals surface area (Å²) in [6.45, 7) is 4.01. The molecule has 1 unspecified atom stereocenters. The number of nitriles is 1. The maximum atomic E-state index is 9.43. The van der Waals surface area contributed by atoms with Crippen LogP contribution in [0.2, 0.25) is 0 Å². The highest BCUT2D eigenvalue weighted by atomic mass is 15.5. The molecule has 0 aliphatic carbocycles. The minimum absolute atomic E-state index is 0.626. The van der Waals surface area contributed by atoms with E-state index in [1.165, 1.54) is 19.3 Å². The second kappa shape index (κ2) is 5.31. The van der Waals surface area contributed by atoms with Crippen molar-refractivity contribution in [3.8, 4) is 6.07 Å². The van der Waals surface area contributed by atoms with Crippen LogP contribution in [-0.2, 0) is 5.54 Å². The van der Waals surface area contributed by atoms with Gasteiger partial charge in [-0.25, -0.2) is 10.4 Å². The topological polar surface area (TPSA) is 39.1 Å². The van der Waals surface area contributed by atoms with Crippen molar-refractivity contribution >= 4 is 0 Å². The Bertz CT molecular complexity index is 390. The first-order valence-corrected chi connectivity index (χ1v) is 6.24. The molecule has 0 saturated carbocycles. The summed E-state index contributed by atoms with van der Waals surface area (Å²) in [7, 11) is 0. The molecule has 90 valence electrons. The Morgan fingerprint density at radius 2 is 1.82 bits per heavy atom. The molecule has 0 aromatic heterocycles. The molecule has 1 aromatic rings. The number of benzene rings is 1. The van der Waals surface area contributed by atoms with Crippen molar-refractivity contribution in [1.82, 2.24) is 10.4 Å². The van der Waals surface area contributed by atoms with Gasteiger partial charge in [0.25, 0.3) is 0 Å². The maximum absolute atomic E-state index is 9.43. The molecular formula is C14H19N3. The van der Waals surface area contributed by atoms with Crippen LogP contribution in [0.1, 0.15) is 31.7 Å². The van der Waals surface area contributed by atoms with Crippen molar-refractivity contribution in [1.29, 1.82) is 5.26 Å². The number of hydrogen-bond donors (Lipinski definition) is 1. The predicted molar refractivity (Wildman–Crippen MR) is 68.0 cm³/mol. The maximum Gasteiger partial charge on any atom is 0.141 e. The van der Waals surface area contributed by atoms with Crippen LogP contribution in [0.3, 0.4) is 0 Å². The van der Waals surface area contributed by atoms with E-state index in [1.807, 2.05) is 37.3 Å². The normalized spacial score (nSPS) is 20.5. The van der Waals surface area contributed by atoms with Crippen molar-refractivity contribution < 1.29 is 0 Å². The Labute approximate surface area is 103 Å². The predicted octanol–water partition coefficient (Wildman–Crippen LogP) is 2.42. The zero-order valence-electron chi connectivity index (χ0n) is 10.3. The van der Waals surface area contributed by atoms with Gasteiger partial charge in [0.1, 0.15) is 5.54 Å². The number of hydrogen-bond acceptors (Lipinski definition) is 3. The third kappa shape index (κ3) is 2.85. The standard InChI is InChI=1S/C14H19N3/c1-14(12-15,13-8-4-2-5-9-13)16-17-10-6-3-7-11-17/h2,4-5,8-9,16H,3,6-7,10-11H2,1H3. The van der Waals surface area contributed by atoms with Gasteiger partial charge in [0.15, 0.2) is 0 Å². The lowest BCUT2D eigenvalue weighted by molar-refractivity contribution is 0.110. The van der Waals surface area contributed by atoms with Crippen molar-refractivity contribution in [2.45, 2.75) is 31.7 Å². The summed E-state index contributed by atoms with van der Waals surface area (Å²) in [5, 5.41) is 11.6. The summed E-state index contributed by atoms with van der Waals surface area (Å²) in [5.41, 5.74) is 3.77. The average Bonchev–Trinajstić information content (AvgIpc) is 2.41. The first-order chi connectivity index (χ1) is 8.24. The molecule has 17 heavy (non-hydrogen) atoms. The molecule has 1 aromatic carbocycles. The van der Waals surface area contributed by atoms with Crippen molar-refractivity contribution in [2.24, 2.45) is 0 Å². The molecule has 3 nitrogen and oxygen atoms in total. The van der Waals surface area contributed by atoms with Gasteiger partial charge in [-0.1, -0.05) is 36.8 Å². The van der Waals surface area contributed by atoms with Gasteiger partial charge in [0.05, 0.1) is 6.07 Å². The summed E-state index contributed by atoms with van der Waals surface area (Å²) in [5.74, 6) is 0. The molecule has 1 saturated heterocycles. The largest absolute Gasteiger partial charge is 0.243 e. The molecule has 1 N–H and O–H groups in total. The Morgan fingerprint density at radius 1 is 1.18 bits per heavy atom. The van der Waals surface area contributed by atoms with Gasteiger partial charge in [-0.2, -0.15) is 5.26 Å². The molecule has 1 aliphatic heterocycles. The second-order valence-electron chi connectivity index (χ2n) is 4.76. The number of nitrogens with zero attached hydrogens (tertiary/aromatic N) is 2. The number of piperidine rings is 1. The highest BCUT2D eigenvalue weighted by molar-refractivity contribution is 5.29. The van der Waals surface area contributed by atoms with Crippen molar-refractivity contribution in [2.75, 3.05) is 13.1 Å². The summed E-state index contributed by atoms with van der Waals surface area (Å²) in [6, 6.07) is 12.3. The molecule has 0 radical (unpaired) electrons. The van der Waals surface area contributed by atoms with Gasteiger partial charge in [0, 0.05) is 13.1 Å². The molecule has 0 bridgehead atoms. The minimum atomic E-state index is -0.626. The summed E-state index contributed by atoms with van der Waals surface area (Å²) in [4.78, 5) is 0. The zero-order chi connectivity index (χ0) is 12.1. The van der Waals surface area contributed by atoms with E-state index in [4.69, 9.17) is 0 Å². The zero-order valence-corrected chi connectivity index (χ0v) is 10.3. The fraction of sp³-hybridized carbons (Fsp3) is 0.500. The first kappa shape index (κ1) is 12.1. The summed E-state index contributed by atoms with van der Waals surface area (Å²) in [6.07, 6.45) is 3.72. The smallest absolute Gasteiger partial charge is 0.141 e. The van der Waals surface area contributed by atoms with Crippen LogP contribution in [0.5, 0.6) is 0 Å². The lowest BCUT2D eigenvalue weighted by Gasteiger charge is -2.34. The number of rotatable bonds is 3. The van der Waals surface area contributed by atoms with Crippen LogP contribution in [0.4, 0.5) is 0 Å². The lowest BCUT2D eigenvalue weighted by atomic mass is 9.94. The fourth-order valence-corrected chi connectivity index (χ4v) is 2.25. The van der Waals surface area contributed by atoms with Crippen LogP contribution >= 0.6 is 0 Å².